The zero-order valence-electron chi connectivity index (χ0n) is 15.4. The van der Waals surface area contributed by atoms with Crippen LogP contribution >= 0.6 is 11.3 Å². The minimum absolute atomic E-state index is 0.0702. The molecule has 1 amide bonds. The Hall–Kier alpha value is -3.89. The first-order chi connectivity index (χ1) is 14.1. The Bertz CT molecular complexity index is 1080. The van der Waals surface area contributed by atoms with E-state index < -0.39 is 11.9 Å². The number of esters is 1. The van der Waals surface area contributed by atoms with Gasteiger partial charge in [-0.2, -0.15) is 5.26 Å². The van der Waals surface area contributed by atoms with Crippen molar-refractivity contribution in [2.24, 2.45) is 0 Å². The quantitative estimate of drug-likeness (QED) is 0.282. The molecule has 0 unspecified atom stereocenters. The van der Waals surface area contributed by atoms with Gasteiger partial charge in [-0.1, -0.05) is 30.3 Å². The SMILES string of the molecule is COc1cc(/C=C(\C#N)C(=O)Nc2ccccc2)ccc1OC(=O)c1cccs1. The predicted octanol–water partition coefficient (Wildman–Crippen LogP) is 4.52. The van der Waals surface area contributed by atoms with Gasteiger partial charge in [0.1, 0.15) is 16.5 Å². The van der Waals surface area contributed by atoms with Crippen LogP contribution in [0.2, 0.25) is 0 Å². The first kappa shape index (κ1) is 19.9. The van der Waals surface area contributed by atoms with Gasteiger partial charge in [-0.05, 0) is 47.4 Å². The maximum Gasteiger partial charge on any atom is 0.353 e. The Morgan fingerprint density at radius 3 is 2.52 bits per heavy atom. The molecule has 0 fully saturated rings. The van der Waals surface area contributed by atoms with Gasteiger partial charge in [-0.25, -0.2) is 4.79 Å². The summed E-state index contributed by atoms with van der Waals surface area (Å²) in [6, 6.07) is 19.0. The van der Waals surface area contributed by atoms with Crippen LogP contribution in [0.25, 0.3) is 6.08 Å². The first-order valence-electron chi connectivity index (χ1n) is 8.52. The van der Waals surface area contributed by atoms with Crippen LogP contribution in [-0.4, -0.2) is 19.0 Å². The fraction of sp³-hybridized carbons (Fsp3) is 0.0455. The molecular formula is C22H16N2O4S. The highest BCUT2D eigenvalue weighted by Crippen LogP contribution is 2.30. The molecule has 1 aromatic heterocycles. The summed E-state index contributed by atoms with van der Waals surface area (Å²) in [5, 5.41) is 13.8. The number of thiophene rings is 1. The average molecular weight is 404 g/mol. The Morgan fingerprint density at radius 1 is 1.07 bits per heavy atom. The number of carbonyl (C=O) groups excluding carboxylic acids is 2. The molecule has 7 heteroatoms. The second-order valence-corrected chi connectivity index (χ2v) is 6.71. The number of para-hydroxylation sites is 1. The third kappa shape index (κ3) is 5.09. The fourth-order valence-electron chi connectivity index (χ4n) is 2.44. The zero-order valence-corrected chi connectivity index (χ0v) is 16.2. The number of nitriles is 1. The Labute approximate surface area is 171 Å². The summed E-state index contributed by atoms with van der Waals surface area (Å²) in [5.74, 6) is -0.452. The van der Waals surface area contributed by atoms with Crippen molar-refractivity contribution in [1.29, 1.82) is 5.26 Å². The molecule has 3 rings (SSSR count). The average Bonchev–Trinajstić information content (AvgIpc) is 3.28. The topological polar surface area (TPSA) is 88.4 Å². The molecule has 1 N–H and O–H groups in total. The lowest BCUT2D eigenvalue weighted by Crippen LogP contribution is -2.13. The van der Waals surface area contributed by atoms with Crippen molar-refractivity contribution in [1.82, 2.24) is 0 Å². The van der Waals surface area contributed by atoms with Crippen LogP contribution in [-0.2, 0) is 4.79 Å². The van der Waals surface area contributed by atoms with Crippen molar-refractivity contribution in [3.8, 4) is 17.6 Å². The number of amides is 1. The molecule has 0 aliphatic rings. The summed E-state index contributed by atoms with van der Waals surface area (Å²) in [6.45, 7) is 0. The molecule has 1 heterocycles. The molecule has 0 saturated heterocycles. The van der Waals surface area contributed by atoms with Crippen LogP contribution < -0.4 is 14.8 Å². The molecule has 6 nitrogen and oxygen atoms in total. The number of nitrogens with one attached hydrogen (secondary N) is 1. The zero-order chi connectivity index (χ0) is 20.6. The van der Waals surface area contributed by atoms with Crippen LogP contribution in [0, 0.1) is 11.3 Å². The summed E-state index contributed by atoms with van der Waals surface area (Å²) in [6.07, 6.45) is 1.44. The van der Waals surface area contributed by atoms with Crippen molar-refractivity contribution in [2.75, 3.05) is 12.4 Å². The number of benzene rings is 2. The van der Waals surface area contributed by atoms with E-state index in [9.17, 15) is 14.9 Å². The van der Waals surface area contributed by atoms with E-state index in [0.29, 0.717) is 21.9 Å². The van der Waals surface area contributed by atoms with E-state index >= 15 is 0 Å². The highest BCUT2D eigenvalue weighted by molar-refractivity contribution is 7.12. The van der Waals surface area contributed by atoms with Crippen molar-refractivity contribution < 1.29 is 19.1 Å². The maximum absolute atomic E-state index is 12.3. The number of nitrogens with zero attached hydrogens (tertiary/aromatic N) is 1. The highest BCUT2D eigenvalue weighted by Gasteiger charge is 2.14. The van der Waals surface area contributed by atoms with Crippen molar-refractivity contribution in [3.63, 3.8) is 0 Å². The summed E-state index contributed by atoms with van der Waals surface area (Å²) in [5.41, 5.74) is 1.07. The van der Waals surface area contributed by atoms with Crippen LogP contribution in [0.1, 0.15) is 15.2 Å². The lowest BCUT2D eigenvalue weighted by molar-refractivity contribution is -0.112. The van der Waals surface area contributed by atoms with Gasteiger partial charge in [0.05, 0.1) is 7.11 Å². The van der Waals surface area contributed by atoms with E-state index in [4.69, 9.17) is 9.47 Å². The predicted molar refractivity (Wildman–Crippen MR) is 111 cm³/mol. The summed E-state index contributed by atoms with van der Waals surface area (Å²) >= 11 is 1.28. The highest BCUT2D eigenvalue weighted by atomic mass is 32.1. The number of hydrogen-bond acceptors (Lipinski definition) is 6. The normalized spacial score (nSPS) is 10.7. The van der Waals surface area contributed by atoms with Gasteiger partial charge in [0.2, 0.25) is 0 Å². The fourth-order valence-corrected chi connectivity index (χ4v) is 3.04. The van der Waals surface area contributed by atoms with Gasteiger partial charge >= 0.3 is 5.97 Å². The van der Waals surface area contributed by atoms with Gasteiger partial charge in [-0.3, -0.25) is 4.79 Å². The monoisotopic (exact) mass is 404 g/mol. The van der Waals surface area contributed by atoms with Gasteiger partial charge in [0.25, 0.3) is 5.91 Å². The number of rotatable bonds is 6. The second kappa shape index (κ2) is 9.35. The molecule has 29 heavy (non-hydrogen) atoms. The molecule has 3 aromatic rings. The van der Waals surface area contributed by atoms with E-state index in [1.165, 1.54) is 24.5 Å². The van der Waals surface area contributed by atoms with Crippen molar-refractivity contribution in [3.05, 3.63) is 82.1 Å². The molecule has 0 aliphatic heterocycles. The Morgan fingerprint density at radius 2 is 1.86 bits per heavy atom. The van der Waals surface area contributed by atoms with Gasteiger partial charge in [0, 0.05) is 5.69 Å². The van der Waals surface area contributed by atoms with Crippen molar-refractivity contribution >= 4 is 35.0 Å². The van der Waals surface area contributed by atoms with Gasteiger partial charge in [-0.15, -0.1) is 11.3 Å². The number of methoxy groups -OCH3 is 1. The van der Waals surface area contributed by atoms with Crippen LogP contribution in [0.5, 0.6) is 11.5 Å². The number of hydrogen-bond donors (Lipinski definition) is 1. The molecule has 144 valence electrons. The molecule has 2 aromatic carbocycles. The molecule has 0 aliphatic carbocycles. The van der Waals surface area contributed by atoms with E-state index in [1.54, 1.807) is 60.0 Å². The van der Waals surface area contributed by atoms with E-state index in [-0.39, 0.29) is 11.3 Å². The smallest absolute Gasteiger partial charge is 0.353 e. The summed E-state index contributed by atoms with van der Waals surface area (Å²) < 4.78 is 10.7. The largest absolute Gasteiger partial charge is 0.493 e. The first-order valence-corrected chi connectivity index (χ1v) is 9.40. The third-order valence-corrected chi connectivity index (χ3v) is 4.67. The van der Waals surface area contributed by atoms with Crippen LogP contribution in [0.15, 0.2) is 71.6 Å². The second-order valence-electron chi connectivity index (χ2n) is 5.77. The summed E-state index contributed by atoms with van der Waals surface area (Å²) in [7, 11) is 1.44. The molecule has 0 atom stereocenters. The minimum Gasteiger partial charge on any atom is -0.493 e. The Kier molecular flexibility index (Phi) is 6.40. The maximum atomic E-state index is 12.3. The lowest BCUT2D eigenvalue weighted by Gasteiger charge is -2.09. The van der Waals surface area contributed by atoms with E-state index in [1.807, 2.05) is 12.1 Å². The van der Waals surface area contributed by atoms with Crippen molar-refractivity contribution in [2.45, 2.75) is 0 Å². The minimum atomic E-state index is -0.522. The van der Waals surface area contributed by atoms with E-state index in [2.05, 4.69) is 5.32 Å². The molecular weight excluding hydrogens is 388 g/mol. The molecule has 0 bridgehead atoms. The standard InChI is InChI=1S/C22H16N2O4S/c1-27-19-13-15(9-10-18(19)28-22(26)20-8-5-11-29-20)12-16(14-23)21(25)24-17-6-3-2-4-7-17/h2-13H,1H3,(H,24,25)/b16-12+. The van der Waals surface area contributed by atoms with E-state index in [0.717, 1.165) is 0 Å². The number of ether oxygens (including phenoxy) is 2. The number of carbonyl (C=O) groups is 2. The molecule has 0 spiro atoms. The lowest BCUT2D eigenvalue weighted by atomic mass is 10.1. The Balaban J connectivity index is 1.79. The summed E-state index contributed by atoms with van der Waals surface area (Å²) in [4.78, 5) is 25.0. The molecule has 0 radical (unpaired) electrons. The van der Waals surface area contributed by atoms with Crippen LogP contribution in [0.3, 0.4) is 0 Å². The third-order valence-electron chi connectivity index (χ3n) is 3.82. The molecule has 0 saturated carbocycles. The van der Waals surface area contributed by atoms with Gasteiger partial charge < -0.3 is 14.8 Å². The van der Waals surface area contributed by atoms with Gasteiger partial charge in [0.15, 0.2) is 11.5 Å². The van der Waals surface area contributed by atoms with Crippen LogP contribution in [0.4, 0.5) is 5.69 Å². The number of anilines is 1.